The highest BCUT2D eigenvalue weighted by molar-refractivity contribution is 7.19. The van der Waals surface area contributed by atoms with Crippen molar-refractivity contribution in [3.05, 3.63) is 52.3 Å². The minimum absolute atomic E-state index is 0.730. The third kappa shape index (κ3) is 2.57. The zero-order valence-electron chi connectivity index (χ0n) is 14.7. The van der Waals surface area contributed by atoms with Gasteiger partial charge >= 0.3 is 0 Å². The molecular weight excluding hydrogens is 342 g/mol. The van der Waals surface area contributed by atoms with Crippen molar-refractivity contribution in [2.45, 2.75) is 39.2 Å². The summed E-state index contributed by atoms with van der Waals surface area (Å²) in [5, 5.41) is 2.47. The highest BCUT2D eigenvalue weighted by Gasteiger charge is 2.19. The zero-order chi connectivity index (χ0) is 17.5. The van der Waals surface area contributed by atoms with Crippen molar-refractivity contribution in [2.75, 3.05) is 5.43 Å². The van der Waals surface area contributed by atoms with E-state index in [0.29, 0.717) is 0 Å². The van der Waals surface area contributed by atoms with Gasteiger partial charge in [-0.1, -0.05) is 18.2 Å². The first-order valence-electron chi connectivity index (χ1n) is 9.11. The number of thiophene rings is 1. The number of benzene rings is 1. The van der Waals surface area contributed by atoms with Gasteiger partial charge in [0, 0.05) is 28.0 Å². The molecule has 0 unspecified atom stereocenters. The molecule has 132 valence electrons. The Balaban J connectivity index is 1.42. The van der Waals surface area contributed by atoms with Crippen LogP contribution < -0.4 is 10.9 Å². The smallest absolute Gasteiger partial charge is 0.152 e. The van der Waals surface area contributed by atoms with Gasteiger partial charge < -0.3 is 10.4 Å². The fourth-order valence-corrected chi connectivity index (χ4v) is 5.19. The number of hydrogen-bond donors (Lipinski definition) is 3. The van der Waals surface area contributed by atoms with E-state index in [2.05, 4.69) is 57.0 Å². The van der Waals surface area contributed by atoms with Gasteiger partial charge in [0.25, 0.3) is 0 Å². The number of hydrogen-bond acceptors (Lipinski definition) is 5. The SMILES string of the molecule is Cc1[nH]c2ccccc2c1CNNc1ncnc2sc3c(c12)CCCC3. The van der Waals surface area contributed by atoms with E-state index in [-0.39, 0.29) is 0 Å². The second-order valence-corrected chi connectivity index (χ2v) is 7.95. The summed E-state index contributed by atoms with van der Waals surface area (Å²) in [6, 6.07) is 8.42. The van der Waals surface area contributed by atoms with E-state index >= 15 is 0 Å². The number of aromatic amines is 1. The number of para-hydroxylation sites is 1. The fraction of sp³-hybridized carbons (Fsp3) is 0.300. The molecule has 0 fully saturated rings. The molecule has 0 bridgehead atoms. The molecule has 0 atom stereocenters. The number of nitrogens with one attached hydrogen (secondary N) is 3. The van der Waals surface area contributed by atoms with Crippen molar-refractivity contribution in [3.8, 4) is 0 Å². The predicted octanol–water partition coefficient (Wildman–Crippen LogP) is 4.48. The van der Waals surface area contributed by atoms with Crippen LogP contribution in [-0.2, 0) is 19.4 Å². The zero-order valence-corrected chi connectivity index (χ0v) is 15.5. The average molecular weight is 363 g/mol. The van der Waals surface area contributed by atoms with Crippen LogP contribution in [0.1, 0.15) is 34.5 Å². The lowest BCUT2D eigenvalue weighted by molar-refractivity contribution is 0.700. The van der Waals surface area contributed by atoms with Crippen LogP contribution in [0.4, 0.5) is 5.82 Å². The Labute approximate surface area is 155 Å². The van der Waals surface area contributed by atoms with Crippen LogP contribution in [0.2, 0.25) is 0 Å². The summed E-state index contributed by atoms with van der Waals surface area (Å²) in [6.07, 6.45) is 6.52. The van der Waals surface area contributed by atoms with Gasteiger partial charge in [-0.15, -0.1) is 11.3 Å². The summed E-state index contributed by atoms with van der Waals surface area (Å²) in [6.45, 7) is 2.85. The highest BCUT2D eigenvalue weighted by Crippen LogP contribution is 2.37. The van der Waals surface area contributed by atoms with Gasteiger partial charge in [0.05, 0.1) is 5.39 Å². The Morgan fingerprint density at radius 1 is 1.15 bits per heavy atom. The number of aromatic nitrogens is 3. The second-order valence-electron chi connectivity index (χ2n) is 6.87. The van der Waals surface area contributed by atoms with Gasteiger partial charge in [0.2, 0.25) is 0 Å². The lowest BCUT2D eigenvalue weighted by atomic mass is 9.97. The molecule has 0 aliphatic heterocycles. The normalized spacial score (nSPS) is 14.0. The molecule has 3 aromatic heterocycles. The molecule has 5 nitrogen and oxygen atoms in total. The molecule has 4 aromatic rings. The molecule has 26 heavy (non-hydrogen) atoms. The first-order chi connectivity index (χ1) is 12.8. The van der Waals surface area contributed by atoms with Gasteiger partial charge in [0.1, 0.15) is 11.2 Å². The maximum absolute atomic E-state index is 4.50. The van der Waals surface area contributed by atoms with Crippen molar-refractivity contribution in [3.63, 3.8) is 0 Å². The van der Waals surface area contributed by atoms with E-state index in [9.17, 15) is 0 Å². The van der Waals surface area contributed by atoms with Crippen molar-refractivity contribution >= 4 is 38.3 Å². The summed E-state index contributed by atoms with van der Waals surface area (Å²) in [7, 11) is 0. The lowest BCUT2D eigenvalue weighted by Gasteiger charge is -2.13. The van der Waals surface area contributed by atoms with Crippen LogP contribution in [0, 0.1) is 6.92 Å². The predicted molar refractivity (Wildman–Crippen MR) is 108 cm³/mol. The van der Waals surface area contributed by atoms with Gasteiger partial charge in [0.15, 0.2) is 5.82 Å². The van der Waals surface area contributed by atoms with Gasteiger partial charge in [-0.05, 0) is 49.8 Å². The van der Waals surface area contributed by atoms with E-state index in [1.54, 1.807) is 6.33 Å². The molecule has 5 rings (SSSR count). The van der Waals surface area contributed by atoms with E-state index in [0.717, 1.165) is 23.6 Å². The molecule has 0 radical (unpaired) electrons. The quantitative estimate of drug-likeness (QED) is 0.468. The molecule has 0 amide bonds. The molecular formula is C20H21N5S. The van der Waals surface area contributed by atoms with Crippen LogP contribution in [0.25, 0.3) is 21.1 Å². The number of fused-ring (bicyclic) bond motifs is 4. The molecule has 0 saturated carbocycles. The number of aryl methyl sites for hydroxylation is 3. The van der Waals surface area contributed by atoms with E-state index in [1.807, 2.05) is 11.3 Å². The van der Waals surface area contributed by atoms with E-state index in [1.165, 1.54) is 57.2 Å². The minimum Gasteiger partial charge on any atom is -0.358 e. The summed E-state index contributed by atoms with van der Waals surface area (Å²) in [5.41, 5.74) is 11.8. The summed E-state index contributed by atoms with van der Waals surface area (Å²) < 4.78 is 0. The molecule has 3 N–H and O–H groups in total. The topological polar surface area (TPSA) is 65.6 Å². The molecule has 6 heteroatoms. The van der Waals surface area contributed by atoms with E-state index in [4.69, 9.17) is 0 Å². The first kappa shape index (κ1) is 15.8. The molecule has 0 saturated heterocycles. The maximum Gasteiger partial charge on any atom is 0.152 e. The number of hydrazine groups is 1. The fourth-order valence-electron chi connectivity index (χ4n) is 3.96. The van der Waals surface area contributed by atoms with Gasteiger partial charge in [-0.25, -0.2) is 15.4 Å². The minimum atomic E-state index is 0.730. The van der Waals surface area contributed by atoms with Crippen molar-refractivity contribution < 1.29 is 0 Å². The summed E-state index contributed by atoms with van der Waals surface area (Å²) in [4.78, 5) is 15.0. The van der Waals surface area contributed by atoms with Crippen molar-refractivity contribution in [1.82, 2.24) is 20.4 Å². The van der Waals surface area contributed by atoms with Crippen molar-refractivity contribution in [2.24, 2.45) is 0 Å². The lowest BCUT2D eigenvalue weighted by Crippen LogP contribution is -2.22. The molecule has 3 heterocycles. The van der Waals surface area contributed by atoms with Gasteiger partial charge in [-0.2, -0.15) is 0 Å². The second kappa shape index (κ2) is 6.37. The van der Waals surface area contributed by atoms with Crippen LogP contribution >= 0.6 is 11.3 Å². The highest BCUT2D eigenvalue weighted by atomic mass is 32.1. The third-order valence-corrected chi connectivity index (χ3v) is 6.45. The number of H-pyrrole nitrogens is 1. The standard InChI is InChI=1S/C20H21N5S/c1-12-15(13-6-2-4-8-16(13)24-12)10-23-25-19-18-14-7-3-5-9-17(14)26-20(18)22-11-21-19/h2,4,6,8,11,23-24H,3,5,7,9-10H2,1H3,(H,21,22,25). The Morgan fingerprint density at radius 2 is 2.04 bits per heavy atom. The van der Waals surface area contributed by atoms with Gasteiger partial charge in [-0.3, -0.25) is 0 Å². The van der Waals surface area contributed by atoms with Crippen LogP contribution in [0.15, 0.2) is 30.6 Å². The van der Waals surface area contributed by atoms with Crippen LogP contribution in [0.5, 0.6) is 0 Å². The number of anilines is 1. The van der Waals surface area contributed by atoms with Crippen LogP contribution in [0.3, 0.4) is 0 Å². The average Bonchev–Trinajstić information content (AvgIpc) is 3.20. The molecule has 1 aromatic carbocycles. The van der Waals surface area contributed by atoms with Crippen LogP contribution in [-0.4, -0.2) is 15.0 Å². The Kier molecular flexibility index (Phi) is 3.87. The first-order valence-corrected chi connectivity index (χ1v) is 9.93. The Bertz CT molecular complexity index is 1090. The maximum atomic E-state index is 4.50. The third-order valence-electron chi connectivity index (χ3n) is 5.25. The Hall–Kier alpha value is -2.44. The largest absolute Gasteiger partial charge is 0.358 e. The molecule has 1 aliphatic rings. The van der Waals surface area contributed by atoms with E-state index < -0.39 is 0 Å². The molecule has 0 spiro atoms. The molecule has 1 aliphatic carbocycles. The number of nitrogens with zero attached hydrogens (tertiary/aromatic N) is 2. The summed E-state index contributed by atoms with van der Waals surface area (Å²) in [5.74, 6) is 0.895. The Morgan fingerprint density at radius 3 is 3.00 bits per heavy atom. The monoisotopic (exact) mass is 363 g/mol. The van der Waals surface area contributed by atoms with Crippen molar-refractivity contribution in [1.29, 1.82) is 0 Å². The summed E-state index contributed by atoms with van der Waals surface area (Å²) >= 11 is 1.83. The number of rotatable bonds is 4.